The molecule has 2 heterocycles. The Morgan fingerprint density at radius 1 is 0.923 bits per heavy atom. The first-order valence-electron chi connectivity index (χ1n) is 9.46. The van der Waals surface area contributed by atoms with Crippen LogP contribution < -0.4 is 26.6 Å². The molecular weight excluding hydrogens is 354 g/mol. The Kier molecular flexibility index (Phi) is 7.09. The third kappa shape index (κ3) is 6.28. The lowest BCUT2D eigenvalue weighted by molar-refractivity contribution is -0.199. The number of ether oxygens (including phenoxy) is 1. The first-order chi connectivity index (χ1) is 12.4. The summed E-state index contributed by atoms with van der Waals surface area (Å²) in [6, 6.07) is 0.282. The van der Waals surface area contributed by atoms with Gasteiger partial charge in [0.05, 0.1) is 6.17 Å². The summed E-state index contributed by atoms with van der Waals surface area (Å²) in [6.07, 6.45) is -2.32. The second-order valence-corrected chi connectivity index (χ2v) is 7.42. The largest absolute Gasteiger partial charge is 0.411 e. The van der Waals surface area contributed by atoms with Crippen LogP contribution in [0.25, 0.3) is 0 Å². The molecule has 3 fully saturated rings. The molecule has 2 saturated heterocycles. The van der Waals surface area contributed by atoms with Gasteiger partial charge in [0.25, 0.3) is 0 Å². The summed E-state index contributed by atoms with van der Waals surface area (Å²) in [5, 5.41) is 16.1. The van der Waals surface area contributed by atoms with E-state index in [0.29, 0.717) is 25.7 Å². The molecule has 3 atom stereocenters. The number of piperidine rings is 1. The minimum Gasteiger partial charge on any atom is -0.340 e. The van der Waals surface area contributed by atoms with Crippen LogP contribution in [-0.2, 0) is 4.74 Å². The molecule has 0 radical (unpaired) electrons. The Balaban J connectivity index is 1.58. The van der Waals surface area contributed by atoms with E-state index in [0.717, 1.165) is 25.9 Å². The first kappa shape index (κ1) is 20.2. The zero-order valence-corrected chi connectivity index (χ0v) is 14.7. The number of halogens is 4. The minimum absolute atomic E-state index is 0.165. The number of nitrogens with one attached hydrogen (secondary N) is 5. The third-order valence-electron chi connectivity index (χ3n) is 5.32. The lowest BCUT2D eigenvalue weighted by Gasteiger charge is -2.44. The van der Waals surface area contributed by atoms with Crippen molar-refractivity contribution in [3.05, 3.63) is 0 Å². The summed E-state index contributed by atoms with van der Waals surface area (Å²) in [4.78, 5) is 0. The number of rotatable bonds is 5. The molecule has 26 heavy (non-hydrogen) atoms. The fraction of sp³-hybridized carbons (Fsp3) is 1.00. The monoisotopic (exact) mass is 383 g/mol. The zero-order valence-electron chi connectivity index (χ0n) is 14.7. The van der Waals surface area contributed by atoms with Gasteiger partial charge in [-0.1, -0.05) is 0 Å². The second-order valence-electron chi connectivity index (χ2n) is 7.42. The van der Waals surface area contributed by atoms with Crippen LogP contribution in [-0.4, -0.2) is 56.9 Å². The van der Waals surface area contributed by atoms with E-state index >= 15 is 0 Å². The van der Waals surface area contributed by atoms with Crippen LogP contribution in [0.15, 0.2) is 0 Å². The van der Waals surface area contributed by atoms with Crippen LogP contribution in [0.5, 0.6) is 0 Å². The Morgan fingerprint density at radius 2 is 1.62 bits per heavy atom. The van der Waals surface area contributed by atoms with Gasteiger partial charge in [-0.25, -0.2) is 4.39 Å². The normalized spacial score (nSPS) is 37.6. The molecule has 0 spiro atoms. The first-order valence-corrected chi connectivity index (χ1v) is 9.46. The molecule has 10 heteroatoms. The van der Waals surface area contributed by atoms with Crippen molar-refractivity contribution < 1.29 is 22.3 Å². The summed E-state index contributed by atoms with van der Waals surface area (Å²) in [5.41, 5.74) is 0. The van der Waals surface area contributed by atoms with E-state index in [-0.39, 0.29) is 24.4 Å². The maximum absolute atomic E-state index is 13.4. The van der Waals surface area contributed by atoms with Crippen molar-refractivity contribution in [3.63, 3.8) is 0 Å². The van der Waals surface area contributed by atoms with Gasteiger partial charge >= 0.3 is 6.18 Å². The van der Waals surface area contributed by atoms with E-state index < -0.39 is 25.3 Å². The summed E-state index contributed by atoms with van der Waals surface area (Å²) in [7, 11) is 0. The average molecular weight is 383 g/mol. The van der Waals surface area contributed by atoms with E-state index in [1.807, 2.05) is 0 Å². The van der Waals surface area contributed by atoms with Crippen molar-refractivity contribution in [1.82, 2.24) is 26.6 Å². The summed E-state index contributed by atoms with van der Waals surface area (Å²) in [5.74, 6) is 0.165. The van der Waals surface area contributed by atoms with Crippen LogP contribution >= 0.6 is 0 Å². The molecule has 3 aliphatic rings. The SMILES string of the molecule is FC1CCC(C2NC(NC3CCNCC3)NC(OCC(F)(F)F)N2)CC1. The van der Waals surface area contributed by atoms with Gasteiger partial charge in [-0.05, 0) is 57.5 Å². The lowest BCUT2D eigenvalue weighted by atomic mass is 9.85. The Labute approximate surface area is 151 Å². The zero-order chi connectivity index (χ0) is 18.6. The lowest BCUT2D eigenvalue weighted by Crippen LogP contribution is -2.74. The van der Waals surface area contributed by atoms with Crippen LogP contribution in [0.2, 0.25) is 0 Å². The predicted octanol–water partition coefficient (Wildman–Crippen LogP) is 1.11. The van der Waals surface area contributed by atoms with Crippen LogP contribution in [0.3, 0.4) is 0 Å². The molecule has 152 valence electrons. The van der Waals surface area contributed by atoms with E-state index in [9.17, 15) is 17.6 Å². The highest BCUT2D eigenvalue weighted by molar-refractivity contribution is 4.88. The molecular formula is C16H29F4N5O. The maximum Gasteiger partial charge on any atom is 0.411 e. The summed E-state index contributed by atoms with van der Waals surface area (Å²) >= 11 is 0. The van der Waals surface area contributed by atoms with Gasteiger partial charge < -0.3 is 10.1 Å². The molecule has 0 aromatic carbocycles. The Hall–Kier alpha value is -0.520. The molecule has 3 rings (SSSR count). The summed E-state index contributed by atoms with van der Waals surface area (Å²) < 4.78 is 56.0. The van der Waals surface area contributed by atoms with Gasteiger partial charge in [0.2, 0.25) is 0 Å². The van der Waals surface area contributed by atoms with Gasteiger partial charge in [0, 0.05) is 6.04 Å². The van der Waals surface area contributed by atoms with E-state index in [1.165, 1.54) is 0 Å². The van der Waals surface area contributed by atoms with Crippen molar-refractivity contribution in [2.75, 3.05) is 19.7 Å². The van der Waals surface area contributed by atoms with E-state index in [2.05, 4.69) is 26.6 Å². The van der Waals surface area contributed by atoms with Crippen LogP contribution in [0.1, 0.15) is 38.5 Å². The highest BCUT2D eigenvalue weighted by atomic mass is 19.4. The van der Waals surface area contributed by atoms with Crippen LogP contribution in [0.4, 0.5) is 17.6 Å². The average Bonchev–Trinajstić information content (AvgIpc) is 2.61. The van der Waals surface area contributed by atoms with E-state index in [1.54, 1.807) is 0 Å². The van der Waals surface area contributed by atoms with E-state index in [4.69, 9.17) is 4.74 Å². The molecule has 3 unspecified atom stereocenters. The molecule has 5 N–H and O–H groups in total. The predicted molar refractivity (Wildman–Crippen MR) is 88.7 cm³/mol. The van der Waals surface area contributed by atoms with Gasteiger partial charge in [-0.2, -0.15) is 13.2 Å². The van der Waals surface area contributed by atoms with Gasteiger partial charge in [-0.3, -0.25) is 21.3 Å². The van der Waals surface area contributed by atoms with Gasteiger partial charge in [0.15, 0.2) is 6.35 Å². The standard InChI is InChI=1S/C16H29F4N5O/c17-11-3-1-10(2-4-11)13-23-14(22-12-5-7-21-8-6-12)25-15(24-13)26-9-16(18,19)20/h10-15,21-25H,1-9H2. The fourth-order valence-electron chi connectivity index (χ4n) is 3.92. The smallest absolute Gasteiger partial charge is 0.340 e. The topological polar surface area (TPSA) is 69.4 Å². The summed E-state index contributed by atoms with van der Waals surface area (Å²) in [6.45, 7) is 0.517. The maximum atomic E-state index is 13.4. The third-order valence-corrected chi connectivity index (χ3v) is 5.32. The highest BCUT2D eigenvalue weighted by Gasteiger charge is 2.37. The van der Waals surface area contributed by atoms with Gasteiger partial charge in [0.1, 0.15) is 19.1 Å². The number of hydrogen-bond donors (Lipinski definition) is 5. The van der Waals surface area contributed by atoms with Crippen molar-refractivity contribution >= 4 is 0 Å². The number of hydrogen-bond acceptors (Lipinski definition) is 6. The molecule has 0 bridgehead atoms. The Morgan fingerprint density at radius 3 is 2.27 bits per heavy atom. The second kappa shape index (κ2) is 9.11. The number of alkyl halides is 4. The fourth-order valence-corrected chi connectivity index (χ4v) is 3.92. The van der Waals surface area contributed by atoms with Crippen molar-refractivity contribution in [2.24, 2.45) is 5.92 Å². The molecule has 6 nitrogen and oxygen atoms in total. The molecule has 0 aromatic heterocycles. The van der Waals surface area contributed by atoms with Gasteiger partial charge in [-0.15, -0.1) is 0 Å². The van der Waals surface area contributed by atoms with Crippen molar-refractivity contribution in [1.29, 1.82) is 0 Å². The molecule has 1 saturated carbocycles. The quantitative estimate of drug-likeness (QED) is 0.459. The Bertz CT molecular complexity index is 427. The molecule has 0 aromatic rings. The van der Waals surface area contributed by atoms with Crippen LogP contribution in [0, 0.1) is 5.92 Å². The molecule has 1 aliphatic carbocycles. The van der Waals surface area contributed by atoms with Crippen molar-refractivity contribution in [3.8, 4) is 0 Å². The highest BCUT2D eigenvalue weighted by Crippen LogP contribution is 2.29. The molecule has 2 aliphatic heterocycles. The minimum atomic E-state index is -4.38. The molecule has 0 amide bonds. The van der Waals surface area contributed by atoms with Crippen molar-refractivity contribution in [2.45, 2.75) is 75.7 Å².